The van der Waals surface area contributed by atoms with E-state index in [-0.39, 0.29) is 16.7 Å². The Morgan fingerprint density at radius 2 is 2.00 bits per heavy atom. The number of anilines is 1. The lowest BCUT2D eigenvalue weighted by atomic mass is 10.2. The summed E-state index contributed by atoms with van der Waals surface area (Å²) in [5, 5.41) is 0. The quantitative estimate of drug-likeness (QED) is 0.712. The average Bonchev–Trinajstić information content (AvgIpc) is 2.41. The smallest absolute Gasteiger partial charge is 0.244 e. The highest BCUT2D eigenvalue weighted by Crippen LogP contribution is 2.29. The molecule has 0 radical (unpaired) electrons. The van der Waals surface area contributed by atoms with E-state index in [0.717, 1.165) is 12.0 Å². The standard InChI is InChI=1S/C14H24N2O4S/c1-5-6-11(9-19-3)16-21(17,18)14-8-12(15)10(2)7-13(14)20-4/h7-8,11,16H,5-6,9,15H2,1-4H3. The van der Waals surface area contributed by atoms with E-state index < -0.39 is 10.0 Å². The summed E-state index contributed by atoms with van der Waals surface area (Å²) >= 11 is 0. The third-order valence-corrected chi connectivity index (χ3v) is 4.71. The van der Waals surface area contributed by atoms with E-state index in [1.165, 1.54) is 13.2 Å². The molecule has 1 atom stereocenters. The molecule has 1 aromatic rings. The number of hydrogen-bond acceptors (Lipinski definition) is 5. The van der Waals surface area contributed by atoms with Gasteiger partial charge < -0.3 is 15.2 Å². The lowest BCUT2D eigenvalue weighted by molar-refractivity contribution is 0.171. The van der Waals surface area contributed by atoms with E-state index in [1.807, 2.05) is 6.92 Å². The van der Waals surface area contributed by atoms with E-state index in [9.17, 15) is 8.42 Å². The molecule has 120 valence electrons. The normalized spacial score (nSPS) is 13.1. The fraction of sp³-hybridized carbons (Fsp3) is 0.571. The van der Waals surface area contributed by atoms with Gasteiger partial charge in [0.1, 0.15) is 10.6 Å². The Bertz CT molecular complexity index is 567. The molecule has 0 spiro atoms. The summed E-state index contributed by atoms with van der Waals surface area (Å²) in [7, 11) is -0.745. The summed E-state index contributed by atoms with van der Waals surface area (Å²) in [5.74, 6) is 0.280. The zero-order valence-electron chi connectivity index (χ0n) is 13.0. The first kappa shape index (κ1) is 17.7. The molecule has 3 N–H and O–H groups in total. The largest absolute Gasteiger partial charge is 0.495 e. The van der Waals surface area contributed by atoms with Crippen molar-refractivity contribution >= 4 is 15.7 Å². The first-order valence-electron chi connectivity index (χ1n) is 6.81. The van der Waals surface area contributed by atoms with Crippen molar-refractivity contribution in [2.45, 2.75) is 37.6 Å². The van der Waals surface area contributed by atoms with Crippen LogP contribution in [-0.2, 0) is 14.8 Å². The van der Waals surface area contributed by atoms with Gasteiger partial charge in [0.15, 0.2) is 0 Å². The second kappa shape index (κ2) is 7.63. The summed E-state index contributed by atoms with van der Waals surface area (Å²) in [4.78, 5) is 0.0466. The van der Waals surface area contributed by atoms with Crippen molar-refractivity contribution in [3.8, 4) is 5.75 Å². The number of ether oxygens (including phenoxy) is 2. The molecule has 21 heavy (non-hydrogen) atoms. The number of benzene rings is 1. The fourth-order valence-corrected chi connectivity index (χ4v) is 3.50. The number of nitrogen functional groups attached to an aromatic ring is 1. The second-order valence-electron chi connectivity index (χ2n) is 4.92. The van der Waals surface area contributed by atoms with Crippen LogP contribution in [0.4, 0.5) is 5.69 Å². The van der Waals surface area contributed by atoms with Crippen LogP contribution < -0.4 is 15.2 Å². The molecule has 0 saturated carbocycles. The number of sulfonamides is 1. The van der Waals surface area contributed by atoms with Crippen LogP contribution in [0, 0.1) is 6.92 Å². The van der Waals surface area contributed by atoms with Crippen LogP contribution in [0.15, 0.2) is 17.0 Å². The molecular weight excluding hydrogens is 292 g/mol. The lowest BCUT2D eigenvalue weighted by Crippen LogP contribution is -2.38. The van der Waals surface area contributed by atoms with Gasteiger partial charge in [-0.2, -0.15) is 0 Å². The zero-order valence-corrected chi connectivity index (χ0v) is 13.8. The molecule has 1 unspecified atom stereocenters. The first-order chi connectivity index (χ1) is 9.85. The lowest BCUT2D eigenvalue weighted by Gasteiger charge is -2.19. The topological polar surface area (TPSA) is 90.7 Å². The summed E-state index contributed by atoms with van der Waals surface area (Å²) < 4.78 is 37.9. The number of aryl methyl sites for hydroxylation is 1. The molecule has 1 aromatic carbocycles. The molecule has 6 nitrogen and oxygen atoms in total. The first-order valence-corrected chi connectivity index (χ1v) is 8.29. The summed E-state index contributed by atoms with van der Waals surface area (Å²) in [6.45, 7) is 4.10. The average molecular weight is 316 g/mol. The zero-order chi connectivity index (χ0) is 16.0. The van der Waals surface area contributed by atoms with E-state index in [0.29, 0.717) is 18.7 Å². The van der Waals surface area contributed by atoms with Gasteiger partial charge >= 0.3 is 0 Å². The maximum absolute atomic E-state index is 12.5. The molecule has 0 aliphatic carbocycles. The predicted octanol–water partition coefficient (Wildman–Crippen LogP) is 1.68. The maximum Gasteiger partial charge on any atom is 0.244 e. The van der Waals surface area contributed by atoms with Crippen molar-refractivity contribution in [2.75, 3.05) is 26.6 Å². The van der Waals surface area contributed by atoms with Crippen molar-refractivity contribution in [3.63, 3.8) is 0 Å². The Kier molecular flexibility index (Phi) is 6.44. The van der Waals surface area contributed by atoms with Gasteiger partial charge in [0, 0.05) is 18.8 Å². The Balaban J connectivity index is 3.14. The molecule has 0 heterocycles. The van der Waals surface area contributed by atoms with Gasteiger partial charge in [-0.05, 0) is 31.0 Å². The van der Waals surface area contributed by atoms with Crippen LogP contribution >= 0.6 is 0 Å². The van der Waals surface area contributed by atoms with Crippen molar-refractivity contribution in [2.24, 2.45) is 0 Å². The van der Waals surface area contributed by atoms with Crippen LogP contribution in [0.2, 0.25) is 0 Å². The minimum absolute atomic E-state index is 0.0466. The number of hydrogen-bond donors (Lipinski definition) is 2. The van der Waals surface area contributed by atoms with E-state index in [2.05, 4.69) is 4.72 Å². The number of nitrogens with one attached hydrogen (secondary N) is 1. The highest BCUT2D eigenvalue weighted by atomic mass is 32.2. The second-order valence-corrected chi connectivity index (χ2v) is 6.60. The van der Waals surface area contributed by atoms with Crippen LogP contribution in [0.25, 0.3) is 0 Å². The molecular formula is C14H24N2O4S. The Morgan fingerprint density at radius 3 is 2.52 bits per heavy atom. The maximum atomic E-state index is 12.5. The van der Waals surface area contributed by atoms with E-state index >= 15 is 0 Å². The summed E-state index contributed by atoms with van der Waals surface area (Å²) in [6, 6.07) is 2.76. The van der Waals surface area contributed by atoms with E-state index in [1.54, 1.807) is 20.1 Å². The highest BCUT2D eigenvalue weighted by molar-refractivity contribution is 7.89. The van der Waals surface area contributed by atoms with Crippen LogP contribution in [0.5, 0.6) is 5.75 Å². The molecule has 0 aliphatic heterocycles. The third kappa shape index (κ3) is 4.59. The summed E-state index contributed by atoms with van der Waals surface area (Å²) in [5.41, 5.74) is 7.00. The molecule has 0 amide bonds. The molecule has 0 aromatic heterocycles. The highest BCUT2D eigenvalue weighted by Gasteiger charge is 2.24. The Labute approximate surface area is 126 Å². The molecule has 0 saturated heterocycles. The Hall–Kier alpha value is -1.31. The molecule has 0 bridgehead atoms. The van der Waals surface area contributed by atoms with Gasteiger partial charge in [-0.3, -0.25) is 0 Å². The number of rotatable bonds is 8. The number of nitrogens with two attached hydrogens (primary N) is 1. The van der Waals surface area contributed by atoms with E-state index in [4.69, 9.17) is 15.2 Å². The molecule has 1 rings (SSSR count). The molecule has 0 fully saturated rings. The Morgan fingerprint density at radius 1 is 1.33 bits per heavy atom. The minimum Gasteiger partial charge on any atom is -0.495 e. The van der Waals surface area contributed by atoms with Crippen molar-refractivity contribution in [3.05, 3.63) is 17.7 Å². The number of methoxy groups -OCH3 is 2. The van der Waals surface area contributed by atoms with Gasteiger partial charge in [-0.1, -0.05) is 13.3 Å². The van der Waals surface area contributed by atoms with Gasteiger partial charge in [0.05, 0.1) is 13.7 Å². The molecule has 0 aliphatic rings. The van der Waals surface area contributed by atoms with Gasteiger partial charge in [0.2, 0.25) is 10.0 Å². The van der Waals surface area contributed by atoms with Crippen molar-refractivity contribution in [1.29, 1.82) is 0 Å². The summed E-state index contributed by atoms with van der Waals surface area (Å²) in [6.07, 6.45) is 1.54. The predicted molar refractivity (Wildman–Crippen MR) is 83.0 cm³/mol. The third-order valence-electron chi connectivity index (χ3n) is 3.17. The fourth-order valence-electron chi connectivity index (χ4n) is 2.06. The van der Waals surface area contributed by atoms with Crippen molar-refractivity contribution < 1.29 is 17.9 Å². The monoisotopic (exact) mass is 316 g/mol. The van der Waals surface area contributed by atoms with Crippen molar-refractivity contribution in [1.82, 2.24) is 4.72 Å². The van der Waals surface area contributed by atoms with Gasteiger partial charge in [-0.15, -0.1) is 0 Å². The minimum atomic E-state index is -3.72. The van der Waals surface area contributed by atoms with Crippen LogP contribution in [0.3, 0.4) is 0 Å². The van der Waals surface area contributed by atoms with Crippen LogP contribution in [0.1, 0.15) is 25.3 Å². The SMILES string of the molecule is CCCC(COC)NS(=O)(=O)c1cc(N)c(C)cc1OC. The van der Waals surface area contributed by atoms with Gasteiger partial charge in [-0.25, -0.2) is 13.1 Å². The van der Waals surface area contributed by atoms with Gasteiger partial charge in [0.25, 0.3) is 0 Å². The van der Waals surface area contributed by atoms with Crippen LogP contribution in [-0.4, -0.2) is 35.3 Å². The molecule has 7 heteroatoms.